The second-order valence-corrected chi connectivity index (χ2v) is 7.69. The smallest absolute Gasteiger partial charge is 0.159 e. The van der Waals surface area contributed by atoms with E-state index >= 15 is 0 Å². The molecule has 1 aromatic heterocycles. The van der Waals surface area contributed by atoms with E-state index in [0.717, 1.165) is 40.7 Å². The van der Waals surface area contributed by atoms with Crippen molar-refractivity contribution in [2.75, 3.05) is 37.0 Å². The van der Waals surface area contributed by atoms with Gasteiger partial charge in [0.25, 0.3) is 0 Å². The third-order valence-corrected chi connectivity index (χ3v) is 5.67. The first-order valence-corrected chi connectivity index (χ1v) is 10.3. The van der Waals surface area contributed by atoms with Gasteiger partial charge in [-0.1, -0.05) is 23.7 Å². The zero-order valence-electron chi connectivity index (χ0n) is 17.1. The molecule has 0 bridgehead atoms. The minimum atomic E-state index is 0.0873. The van der Waals surface area contributed by atoms with E-state index < -0.39 is 0 Å². The quantitative estimate of drug-likeness (QED) is 0.567. The molecule has 0 saturated carbocycles. The Labute approximate surface area is 185 Å². The molecule has 0 radical (unpaired) electrons. The maximum atomic E-state index is 9.38. The molecule has 0 unspecified atom stereocenters. The van der Waals surface area contributed by atoms with Gasteiger partial charge in [0.2, 0.25) is 0 Å². The van der Waals surface area contributed by atoms with Gasteiger partial charge in [-0.2, -0.15) is 5.26 Å². The normalized spacial score (nSPS) is 13.6. The van der Waals surface area contributed by atoms with Gasteiger partial charge in [-0.05, 0) is 47.9 Å². The van der Waals surface area contributed by atoms with Crippen molar-refractivity contribution in [3.8, 4) is 11.8 Å². The van der Waals surface area contributed by atoms with Crippen molar-refractivity contribution in [1.29, 1.82) is 5.26 Å². The van der Waals surface area contributed by atoms with Crippen molar-refractivity contribution < 1.29 is 9.84 Å². The lowest BCUT2D eigenvalue weighted by atomic mass is 10.1. The molecule has 8 heteroatoms. The first-order valence-electron chi connectivity index (χ1n) is 9.93. The van der Waals surface area contributed by atoms with Crippen molar-refractivity contribution in [2.24, 2.45) is 0 Å². The van der Waals surface area contributed by atoms with E-state index in [4.69, 9.17) is 16.3 Å². The second kappa shape index (κ2) is 9.21. The highest BCUT2D eigenvalue weighted by Crippen LogP contribution is 2.31. The van der Waals surface area contributed by atoms with Crippen LogP contribution in [0.15, 0.2) is 48.0 Å². The van der Waals surface area contributed by atoms with E-state index in [1.165, 1.54) is 0 Å². The van der Waals surface area contributed by atoms with Crippen molar-refractivity contribution in [2.45, 2.75) is 13.0 Å². The van der Waals surface area contributed by atoms with Crippen molar-refractivity contribution in [3.05, 3.63) is 64.2 Å². The van der Waals surface area contributed by atoms with Gasteiger partial charge in [-0.3, -0.25) is 0 Å². The van der Waals surface area contributed by atoms with Gasteiger partial charge < -0.3 is 20.1 Å². The van der Waals surface area contributed by atoms with Crippen LogP contribution in [0.1, 0.15) is 17.5 Å². The van der Waals surface area contributed by atoms with Gasteiger partial charge in [0.1, 0.15) is 5.75 Å². The van der Waals surface area contributed by atoms with Crippen molar-refractivity contribution in [1.82, 2.24) is 10.2 Å². The van der Waals surface area contributed by atoms with Crippen LogP contribution in [0.2, 0.25) is 5.02 Å². The lowest BCUT2D eigenvalue weighted by Gasteiger charge is -2.27. The van der Waals surface area contributed by atoms with Crippen LogP contribution in [0.5, 0.6) is 5.75 Å². The van der Waals surface area contributed by atoms with Gasteiger partial charge in [0.05, 0.1) is 30.4 Å². The van der Waals surface area contributed by atoms with Crippen LogP contribution in [-0.4, -0.2) is 42.1 Å². The Morgan fingerprint density at radius 1 is 1.23 bits per heavy atom. The predicted octanol–water partition coefficient (Wildman–Crippen LogP) is 3.90. The Kier molecular flexibility index (Phi) is 6.21. The molecule has 1 aliphatic rings. The number of rotatable bonds is 6. The minimum Gasteiger partial charge on any atom is -0.495 e. The number of nitriles is 1. The Morgan fingerprint density at radius 2 is 2.10 bits per heavy atom. The zero-order valence-corrected chi connectivity index (χ0v) is 17.9. The summed E-state index contributed by atoms with van der Waals surface area (Å²) in [6.07, 6.45) is 2.81. The number of benzene rings is 2. The van der Waals surface area contributed by atoms with Gasteiger partial charge in [0, 0.05) is 30.4 Å². The number of hydrogen-bond acceptors (Lipinski definition) is 7. The summed E-state index contributed by atoms with van der Waals surface area (Å²) in [6, 6.07) is 13.3. The molecule has 0 amide bonds. The lowest BCUT2D eigenvalue weighted by Crippen LogP contribution is -2.30. The second-order valence-electron chi connectivity index (χ2n) is 7.28. The molecule has 0 fully saturated rings. The molecule has 2 N–H and O–H groups in total. The largest absolute Gasteiger partial charge is 0.495 e. The highest BCUT2D eigenvalue weighted by molar-refractivity contribution is 6.32. The van der Waals surface area contributed by atoms with Crippen molar-refractivity contribution in [3.63, 3.8) is 0 Å². The molecule has 0 aliphatic carbocycles. The van der Waals surface area contributed by atoms with E-state index in [0.29, 0.717) is 35.2 Å². The molecule has 158 valence electrons. The molecule has 1 aliphatic heterocycles. The number of nitrogens with zero attached hydrogens (tertiary/aromatic N) is 4. The van der Waals surface area contributed by atoms with E-state index in [2.05, 4.69) is 26.5 Å². The number of anilines is 2. The summed E-state index contributed by atoms with van der Waals surface area (Å²) in [6.45, 7) is 2.00. The summed E-state index contributed by atoms with van der Waals surface area (Å²) in [4.78, 5) is 2.13. The fourth-order valence-corrected chi connectivity index (χ4v) is 3.91. The summed E-state index contributed by atoms with van der Waals surface area (Å²) in [5.41, 5.74) is 2.57. The van der Waals surface area contributed by atoms with E-state index in [-0.39, 0.29) is 6.61 Å². The van der Waals surface area contributed by atoms with Crippen LogP contribution in [0.3, 0.4) is 0 Å². The van der Waals surface area contributed by atoms with Crippen LogP contribution >= 0.6 is 11.6 Å². The van der Waals surface area contributed by atoms with Crippen molar-refractivity contribution >= 4 is 34.0 Å². The van der Waals surface area contributed by atoms with Crippen LogP contribution in [0.4, 0.5) is 11.6 Å². The predicted molar refractivity (Wildman–Crippen MR) is 122 cm³/mol. The first kappa shape index (κ1) is 20.9. The Morgan fingerprint density at radius 3 is 2.77 bits per heavy atom. The highest BCUT2D eigenvalue weighted by atomic mass is 35.5. The summed E-state index contributed by atoms with van der Waals surface area (Å²) in [5, 5.41) is 33.3. The maximum absolute atomic E-state index is 9.38. The lowest BCUT2D eigenvalue weighted by molar-refractivity contribution is 0.325. The maximum Gasteiger partial charge on any atom is 0.159 e. The zero-order chi connectivity index (χ0) is 21.8. The molecule has 3 aromatic rings. The molecule has 31 heavy (non-hydrogen) atoms. The number of aliphatic hydroxyl groups is 1. The highest BCUT2D eigenvalue weighted by Gasteiger charge is 2.18. The monoisotopic (exact) mass is 435 g/mol. The Hall–Kier alpha value is -3.34. The standard InChI is InChI=1S/C23H22ClN5O2/c1-31-21-5-3-17(11-20(21)24)13-26-22-19-10-16(12-25)2-4-18(19)23(28-27-22)29-8-6-15(14-30)7-9-29/h2-6,10-11,30H,7-9,13-14H2,1H3,(H,26,27). The average molecular weight is 436 g/mol. The van der Waals surface area contributed by atoms with Crippen LogP contribution in [0, 0.1) is 11.3 Å². The first-order chi connectivity index (χ1) is 15.1. The number of aromatic nitrogens is 2. The van der Waals surface area contributed by atoms with Gasteiger partial charge in [-0.15, -0.1) is 10.2 Å². The number of nitrogens with one attached hydrogen (secondary N) is 1. The third kappa shape index (κ3) is 4.41. The molecule has 2 heterocycles. The summed E-state index contributed by atoms with van der Waals surface area (Å²) < 4.78 is 5.20. The Bertz CT molecular complexity index is 1190. The van der Waals surface area contributed by atoms with E-state index in [1.807, 2.05) is 36.4 Å². The number of methoxy groups -OCH3 is 1. The molecule has 7 nitrogen and oxygen atoms in total. The van der Waals surface area contributed by atoms with Gasteiger partial charge in [-0.25, -0.2) is 0 Å². The van der Waals surface area contributed by atoms with Crippen LogP contribution in [0.25, 0.3) is 10.8 Å². The molecule has 0 saturated heterocycles. The summed E-state index contributed by atoms with van der Waals surface area (Å²) >= 11 is 6.23. The number of halogens is 1. The molecule has 2 aromatic carbocycles. The summed E-state index contributed by atoms with van der Waals surface area (Å²) in [7, 11) is 1.58. The molecular weight excluding hydrogens is 414 g/mol. The number of ether oxygens (including phenoxy) is 1. The molecular formula is C23H22ClN5O2. The fourth-order valence-electron chi connectivity index (χ4n) is 3.63. The van der Waals surface area contributed by atoms with Gasteiger partial charge >= 0.3 is 0 Å². The third-order valence-electron chi connectivity index (χ3n) is 5.37. The minimum absolute atomic E-state index is 0.0873. The number of aliphatic hydroxyl groups excluding tert-OH is 1. The molecule has 0 atom stereocenters. The van der Waals surface area contributed by atoms with E-state index in [9.17, 15) is 10.4 Å². The SMILES string of the molecule is COc1ccc(CNc2nnc(N3CC=C(CO)CC3)c3ccc(C#N)cc23)cc1Cl. The Balaban J connectivity index is 1.65. The fraction of sp³-hybridized carbons (Fsp3) is 0.261. The average Bonchev–Trinajstić information content (AvgIpc) is 2.82. The van der Waals surface area contributed by atoms with Crippen LogP contribution < -0.4 is 15.0 Å². The molecule has 0 spiro atoms. The molecule has 4 rings (SSSR count). The van der Waals surface area contributed by atoms with E-state index in [1.54, 1.807) is 13.2 Å². The topological polar surface area (TPSA) is 94.3 Å². The van der Waals surface area contributed by atoms with Crippen LogP contribution in [-0.2, 0) is 6.54 Å². The number of fused-ring (bicyclic) bond motifs is 1. The van der Waals surface area contributed by atoms with Gasteiger partial charge in [0.15, 0.2) is 11.6 Å². The number of hydrogen-bond donors (Lipinski definition) is 2. The summed E-state index contributed by atoms with van der Waals surface area (Å²) in [5.74, 6) is 2.00.